The second kappa shape index (κ2) is 5.12. The molecule has 0 fully saturated rings. The molecule has 0 radical (unpaired) electrons. The largest absolute Gasteiger partial charge is 0.109 e. The lowest BCUT2D eigenvalue weighted by molar-refractivity contribution is 0.815. The third-order valence-corrected chi connectivity index (χ3v) is 10.8. The van der Waals surface area contributed by atoms with Gasteiger partial charge in [-0.05, 0) is 59.0 Å². The third kappa shape index (κ3) is 2.16. The van der Waals surface area contributed by atoms with Crippen molar-refractivity contribution < 1.29 is 0 Å². The van der Waals surface area contributed by atoms with Gasteiger partial charge in [0.1, 0.15) is 8.07 Å². The molecule has 2 aliphatic rings. The van der Waals surface area contributed by atoms with Crippen LogP contribution in [0.5, 0.6) is 0 Å². The summed E-state index contributed by atoms with van der Waals surface area (Å²) in [6, 6.07) is 0. The molecule has 0 aromatic heterocycles. The van der Waals surface area contributed by atoms with Crippen molar-refractivity contribution in [1.82, 2.24) is 0 Å². The summed E-state index contributed by atoms with van der Waals surface area (Å²) in [6.07, 6.45) is 0. The molecule has 0 amide bonds. The number of hydrogen-bond acceptors (Lipinski definition) is 0. The van der Waals surface area contributed by atoms with E-state index >= 15 is 0 Å². The molecule has 2 unspecified atom stereocenters. The summed E-state index contributed by atoms with van der Waals surface area (Å²) in [4.78, 5) is 0. The van der Waals surface area contributed by atoms with Gasteiger partial charge in [-0.1, -0.05) is 65.2 Å². The Bertz CT molecular complexity index is 620. The first-order valence-electron chi connectivity index (χ1n) is 8.31. The van der Waals surface area contributed by atoms with Crippen LogP contribution < -0.4 is 0 Å². The highest BCUT2D eigenvalue weighted by atomic mass is 28.3. The maximum Gasteiger partial charge on any atom is 0.109 e. The molecule has 116 valence electrons. The van der Waals surface area contributed by atoms with Crippen molar-refractivity contribution in [2.75, 3.05) is 0 Å². The van der Waals surface area contributed by atoms with E-state index in [9.17, 15) is 0 Å². The molecule has 0 aromatic rings. The predicted octanol–water partition coefficient (Wildman–Crippen LogP) is 6.38. The summed E-state index contributed by atoms with van der Waals surface area (Å²) >= 11 is 0. The highest BCUT2D eigenvalue weighted by Crippen LogP contribution is 2.49. The SMILES string of the molecule is CC1=C(C)C(C)C(C)=C1[Si](C)(C)C1=C(C)C(C)=C(C)C1C. The van der Waals surface area contributed by atoms with Gasteiger partial charge in [-0.25, -0.2) is 0 Å². The normalized spacial score (nSPS) is 27.7. The molecule has 1 heteroatoms. The molecule has 0 N–H and O–H groups in total. The molecule has 0 saturated carbocycles. The highest BCUT2D eigenvalue weighted by Gasteiger charge is 2.42. The molecule has 2 aliphatic carbocycles. The van der Waals surface area contributed by atoms with E-state index in [0.717, 1.165) is 0 Å². The van der Waals surface area contributed by atoms with E-state index in [1.165, 1.54) is 0 Å². The zero-order valence-electron chi connectivity index (χ0n) is 15.7. The number of rotatable bonds is 2. The fourth-order valence-corrected chi connectivity index (χ4v) is 9.86. The van der Waals surface area contributed by atoms with Gasteiger partial charge in [-0.3, -0.25) is 0 Å². The van der Waals surface area contributed by atoms with Gasteiger partial charge in [0, 0.05) is 0 Å². The van der Waals surface area contributed by atoms with E-state index in [-0.39, 0.29) is 0 Å². The first kappa shape index (κ1) is 16.5. The van der Waals surface area contributed by atoms with Crippen LogP contribution >= 0.6 is 0 Å². The lowest BCUT2D eigenvalue weighted by atomic mass is 10.0. The highest BCUT2D eigenvalue weighted by molar-refractivity contribution is 6.92. The maximum atomic E-state index is 2.57. The van der Waals surface area contributed by atoms with E-state index in [1.807, 2.05) is 0 Å². The topological polar surface area (TPSA) is 0 Å². The lowest BCUT2D eigenvalue weighted by Crippen LogP contribution is -2.36. The summed E-state index contributed by atoms with van der Waals surface area (Å²) in [6.45, 7) is 24.0. The molecular formula is C20H32Si. The van der Waals surface area contributed by atoms with Crippen molar-refractivity contribution in [2.24, 2.45) is 11.8 Å². The van der Waals surface area contributed by atoms with Gasteiger partial charge in [0.2, 0.25) is 0 Å². The van der Waals surface area contributed by atoms with E-state index in [4.69, 9.17) is 0 Å². The van der Waals surface area contributed by atoms with Crippen molar-refractivity contribution >= 4 is 8.07 Å². The molecule has 2 atom stereocenters. The fraction of sp³-hybridized carbons (Fsp3) is 0.600. The molecule has 0 nitrogen and oxygen atoms in total. The predicted molar refractivity (Wildman–Crippen MR) is 98.0 cm³/mol. The summed E-state index contributed by atoms with van der Waals surface area (Å²) in [5.41, 5.74) is 9.53. The fourth-order valence-electron chi connectivity index (χ4n) is 4.83. The molecule has 0 bridgehead atoms. The van der Waals surface area contributed by atoms with Crippen molar-refractivity contribution in [1.29, 1.82) is 0 Å². The molecular weight excluding hydrogens is 268 g/mol. The minimum absolute atomic E-state index is 0.635. The van der Waals surface area contributed by atoms with Gasteiger partial charge in [0.05, 0.1) is 0 Å². The van der Waals surface area contributed by atoms with E-state index in [2.05, 4.69) is 68.5 Å². The smallest absolute Gasteiger partial charge is 0.0665 e. The second-order valence-electron chi connectivity index (χ2n) is 7.78. The lowest BCUT2D eigenvalue weighted by Gasteiger charge is -2.33. The maximum absolute atomic E-state index is 2.57. The summed E-state index contributed by atoms with van der Waals surface area (Å²) < 4.78 is 0. The van der Waals surface area contributed by atoms with E-state index in [0.29, 0.717) is 11.8 Å². The minimum Gasteiger partial charge on any atom is -0.0665 e. The summed E-state index contributed by atoms with van der Waals surface area (Å²) in [5.74, 6) is 1.27. The van der Waals surface area contributed by atoms with Crippen molar-refractivity contribution in [3.05, 3.63) is 43.8 Å². The quantitative estimate of drug-likeness (QED) is 0.519. The average Bonchev–Trinajstić information content (AvgIpc) is 2.72. The first-order valence-corrected chi connectivity index (χ1v) is 11.3. The standard InChI is InChI=1S/C20H32Si/c1-11-12(2)16(6)19(15(11)5)21(9,10)20-17(7)13(3)14(4)18(20)8/h11,17H,1-10H3. The van der Waals surface area contributed by atoms with Crippen LogP contribution in [0.1, 0.15) is 55.4 Å². The van der Waals surface area contributed by atoms with Crippen LogP contribution in [0.25, 0.3) is 0 Å². The Morgan fingerprint density at radius 1 is 0.619 bits per heavy atom. The minimum atomic E-state index is -1.60. The van der Waals surface area contributed by atoms with Crippen molar-refractivity contribution in [3.63, 3.8) is 0 Å². The molecule has 0 aromatic carbocycles. The van der Waals surface area contributed by atoms with Crippen LogP contribution in [0.15, 0.2) is 43.8 Å². The van der Waals surface area contributed by atoms with E-state index < -0.39 is 8.07 Å². The molecule has 0 heterocycles. The average molecular weight is 301 g/mol. The van der Waals surface area contributed by atoms with Gasteiger partial charge in [-0.15, -0.1) is 0 Å². The summed E-state index contributed by atoms with van der Waals surface area (Å²) in [5, 5.41) is 3.50. The molecule has 21 heavy (non-hydrogen) atoms. The zero-order chi connectivity index (χ0) is 16.3. The molecule has 2 rings (SSSR count). The van der Waals surface area contributed by atoms with Gasteiger partial charge in [-0.2, -0.15) is 0 Å². The zero-order valence-corrected chi connectivity index (χ0v) is 16.7. The third-order valence-electron chi connectivity index (χ3n) is 6.60. The van der Waals surface area contributed by atoms with Gasteiger partial charge in [0.25, 0.3) is 0 Å². The van der Waals surface area contributed by atoms with Crippen molar-refractivity contribution in [3.8, 4) is 0 Å². The Kier molecular flexibility index (Phi) is 4.03. The second-order valence-corrected chi connectivity index (χ2v) is 12.1. The Hall–Kier alpha value is -0.823. The Labute approximate surface area is 132 Å². The van der Waals surface area contributed by atoms with Gasteiger partial charge >= 0.3 is 0 Å². The molecule has 0 saturated heterocycles. The molecule has 0 aliphatic heterocycles. The monoisotopic (exact) mass is 300 g/mol. The van der Waals surface area contributed by atoms with Gasteiger partial charge < -0.3 is 0 Å². The van der Waals surface area contributed by atoms with Gasteiger partial charge in [0.15, 0.2) is 0 Å². The Balaban J connectivity index is 2.61. The Morgan fingerprint density at radius 2 is 1.10 bits per heavy atom. The number of hydrogen-bond donors (Lipinski definition) is 0. The number of allylic oxidation sites excluding steroid dienone is 8. The van der Waals surface area contributed by atoms with Crippen LogP contribution in [-0.4, -0.2) is 8.07 Å². The summed E-state index contributed by atoms with van der Waals surface area (Å²) in [7, 11) is -1.60. The molecule has 0 spiro atoms. The van der Waals surface area contributed by atoms with Crippen LogP contribution in [0.2, 0.25) is 13.1 Å². The van der Waals surface area contributed by atoms with Crippen LogP contribution in [0.3, 0.4) is 0 Å². The van der Waals surface area contributed by atoms with Crippen molar-refractivity contribution in [2.45, 2.75) is 68.5 Å². The first-order chi connectivity index (χ1) is 9.53. The van der Waals surface area contributed by atoms with Crippen LogP contribution in [0, 0.1) is 11.8 Å². The van der Waals surface area contributed by atoms with Crippen LogP contribution in [-0.2, 0) is 0 Å². The van der Waals surface area contributed by atoms with E-state index in [1.54, 1.807) is 43.8 Å². The Morgan fingerprint density at radius 3 is 1.43 bits per heavy atom. The van der Waals surface area contributed by atoms with Crippen LogP contribution in [0.4, 0.5) is 0 Å².